The van der Waals surface area contributed by atoms with Crippen molar-refractivity contribution in [1.29, 1.82) is 0 Å². The maximum absolute atomic E-state index is 11.7. The highest BCUT2D eigenvalue weighted by Gasteiger charge is 2.34. The molecule has 5 nitrogen and oxygen atoms in total. The summed E-state index contributed by atoms with van der Waals surface area (Å²) in [7, 11) is 0. The van der Waals surface area contributed by atoms with E-state index in [0.29, 0.717) is 25.3 Å². The van der Waals surface area contributed by atoms with Crippen LogP contribution in [0.3, 0.4) is 0 Å². The van der Waals surface area contributed by atoms with Crippen molar-refractivity contribution in [3.8, 4) is 0 Å². The summed E-state index contributed by atoms with van der Waals surface area (Å²) in [4.78, 5) is 38.3. The first-order valence-corrected chi connectivity index (χ1v) is 7.61. The molecule has 112 valence electrons. The normalized spacial score (nSPS) is 23.4. The molecule has 3 amide bonds. The Morgan fingerprint density at radius 1 is 1.15 bits per heavy atom. The monoisotopic (exact) mass is 280 g/mol. The molecular formula is C15H24N2O3. The topological polar surface area (TPSA) is 57.7 Å². The third-order valence-electron chi connectivity index (χ3n) is 4.16. The Balaban J connectivity index is 1.57. The first-order valence-electron chi connectivity index (χ1n) is 7.61. The summed E-state index contributed by atoms with van der Waals surface area (Å²) in [6, 6.07) is 0. The fourth-order valence-corrected chi connectivity index (χ4v) is 2.87. The molecule has 2 rings (SSSR count). The van der Waals surface area contributed by atoms with Crippen LogP contribution < -0.4 is 0 Å². The van der Waals surface area contributed by atoms with Crippen molar-refractivity contribution in [2.45, 2.75) is 46.0 Å². The second-order valence-electron chi connectivity index (χ2n) is 6.20. The summed E-state index contributed by atoms with van der Waals surface area (Å²) in [6.45, 7) is 6.25. The lowest BCUT2D eigenvalue weighted by molar-refractivity contribution is -0.140. The summed E-state index contributed by atoms with van der Waals surface area (Å²) in [5, 5.41) is 0. The molecule has 0 aromatic carbocycles. The van der Waals surface area contributed by atoms with Crippen LogP contribution in [0.5, 0.6) is 0 Å². The van der Waals surface area contributed by atoms with E-state index in [2.05, 4.69) is 6.92 Å². The van der Waals surface area contributed by atoms with Gasteiger partial charge in [-0.05, 0) is 18.8 Å². The van der Waals surface area contributed by atoms with Gasteiger partial charge in [0.25, 0.3) is 0 Å². The number of carbonyl (C=O) groups excluding carboxylic acids is 3. The molecule has 5 heteroatoms. The third kappa shape index (κ3) is 3.38. The van der Waals surface area contributed by atoms with Crippen LogP contribution in [0.25, 0.3) is 0 Å². The lowest BCUT2D eigenvalue weighted by Crippen LogP contribution is -2.48. The van der Waals surface area contributed by atoms with E-state index in [4.69, 9.17) is 0 Å². The first kappa shape index (κ1) is 15.0. The summed E-state index contributed by atoms with van der Waals surface area (Å²) in [5.41, 5.74) is 0. The first-order chi connectivity index (χ1) is 9.49. The van der Waals surface area contributed by atoms with Gasteiger partial charge in [-0.2, -0.15) is 0 Å². The maximum Gasteiger partial charge on any atom is 0.232 e. The van der Waals surface area contributed by atoms with E-state index in [1.807, 2.05) is 4.90 Å². The zero-order valence-electron chi connectivity index (χ0n) is 12.4. The van der Waals surface area contributed by atoms with Gasteiger partial charge >= 0.3 is 0 Å². The van der Waals surface area contributed by atoms with Gasteiger partial charge < -0.3 is 4.90 Å². The van der Waals surface area contributed by atoms with Crippen LogP contribution in [-0.2, 0) is 14.4 Å². The fraction of sp³-hybridized carbons (Fsp3) is 0.800. The van der Waals surface area contributed by atoms with E-state index in [0.717, 1.165) is 32.4 Å². The van der Waals surface area contributed by atoms with E-state index < -0.39 is 0 Å². The zero-order valence-corrected chi connectivity index (χ0v) is 12.4. The van der Waals surface area contributed by atoms with Crippen LogP contribution >= 0.6 is 0 Å². The number of hydrogen-bond donors (Lipinski definition) is 0. The lowest BCUT2D eigenvalue weighted by Gasteiger charge is -2.37. The van der Waals surface area contributed by atoms with Gasteiger partial charge in [0.1, 0.15) is 0 Å². The van der Waals surface area contributed by atoms with Crippen molar-refractivity contribution >= 4 is 17.7 Å². The Kier molecular flexibility index (Phi) is 4.78. The second-order valence-corrected chi connectivity index (χ2v) is 6.20. The summed E-state index contributed by atoms with van der Waals surface area (Å²) < 4.78 is 0. The molecule has 0 aromatic heterocycles. The molecule has 0 N–H and O–H groups in total. The molecule has 0 spiro atoms. The molecule has 0 aliphatic carbocycles. The number of imide groups is 1. The highest BCUT2D eigenvalue weighted by Crippen LogP contribution is 2.20. The number of likely N-dealkylation sites (tertiary alicyclic amines) is 2. The van der Waals surface area contributed by atoms with Gasteiger partial charge in [0.2, 0.25) is 17.7 Å². The van der Waals surface area contributed by atoms with Crippen LogP contribution in [-0.4, -0.2) is 47.2 Å². The standard InChI is InChI=1S/C15H24N2O3/c1-11-9-16(10-11)13(18)6-4-3-5-7-17-14(19)8-12(2)15(17)20/h11-12H,3-10H2,1-2H3. The summed E-state index contributed by atoms with van der Waals surface area (Å²) in [5.74, 6) is 0.643. The van der Waals surface area contributed by atoms with Gasteiger partial charge in [-0.3, -0.25) is 19.3 Å². The van der Waals surface area contributed by atoms with Crippen molar-refractivity contribution in [1.82, 2.24) is 9.80 Å². The Morgan fingerprint density at radius 2 is 1.85 bits per heavy atom. The molecule has 0 aromatic rings. The van der Waals surface area contributed by atoms with Gasteiger partial charge in [0, 0.05) is 38.4 Å². The van der Waals surface area contributed by atoms with Crippen molar-refractivity contribution < 1.29 is 14.4 Å². The summed E-state index contributed by atoms with van der Waals surface area (Å²) in [6.07, 6.45) is 3.47. The SMILES string of the molecule is CC1CN(C(=O)CCCCCN2C(=O)CC(C)C2=O)C1. The Labute approximate surface area is 120 Å². The van der Waals surface area contributed by atoms with Crippen LogP contribution in [0, 0.1) is 11.8 Å². The number of carbonyl (C=O) groups is 3. The van der Waals surface area contributed by atoms with Gasteiger partial charge in [-0.1, -0.05) is 20.3 Å². The quantitative estimate of drug-likeness (QED) is 0.546. The van der Waals surface area contributed by atoms with Crippen LogP contribution in [0.4, 0.5) is 0 Å². The number of rotatable bonds is 6. The highest BCUT2D eigenvalue weighted by molar-refractivity contribution is 6.03. The number of nitrogens with zero attached hydrogens (tertiary/aromatic N) is 2. The Bertz CT molecular complexity index is 402. The molecule has 2 heterocycles. The molecule has 2 saturated heterocycles. The molecule has 0 saturated carbocycles. The number of amides is 3. The van der Waals surface area contributed by atoms with E-state index in [1.165, 1.54) is 4.90 Å². The molecule has 0 bridgehead atoms. The average Bonchev–Trinajstić information content (AvgIpc) is 2.60. The fourth-order valence-electron chi connectivity index (χ4n) is 2.87. The minimum absolute atomic E-state index is 0.0411. The lowest BCUT2D eigenvalue weighted by atomic mass is 10.0. The molecule has 2 fully saturated rings. The second kappa shape index (κ2) is 6.37. The van der Waals surface area contributed by atoms with Crippen LogP contribution in [0.2, 0.25) is 0 Å². The van der Waals surface area contributed by atoms with E-state index in [9.17, 15) is 14.4 Å². The highest BCUT2D eigenvalue weighted by atomic mass is 16.2. The molecule has 1 atom stereocenters. The molecule has 2 aliphatic heterocycles. The minimum Gasteiger partial charge on any atom is -0.342 e. The Morgan fingerprint density at radius 3 is 2.40 bits per heavy atom. The van der Waals surface area contributed by atoms with Crippen LogP contribution in [0.15, 0.2) is 0 Å². The summed E-state index contributed by atoms with van der Waals surface area (Å²) >= 11 is 0. The van der Waals surface area contributed by atoms with E-state index in [1.54, 1.807) is 6.92 Å². The number of unbranched alkanes of at least 4 members (excludes halogenated alkanes) is 2. The van der Waals surface area contributed by atoms with Crippen molar-refractivity contribution in [3.63, 3.8) is 0 Å². The van der Waals surface area contributed by atoms with Crippen molar-refractivity contribution in [3.05, 3.63) is 0 Å². The predicted octanol–water partition coefficient (Wildman–Crippen LogP) is 1.42. The van der Waals surface area contributed by atoms with Crippen LogP contribution in [0.1, 0.15) is 46.0 Å². The largest absolute Gasteiger partial charge is 0.342 e. The van der Waals surface area contributed by atoms with E-state index >= 15 is 0 Å². The zero-order chi connectivity index (χ0) is 14.7. The minimum atomic E-state index is -0.155. The third-order valence-corrected chi connectivity index (χ3v) is 4.16. The molecule has 0 radical (unpaired) electrons. The average molecular weight is 280 g/mol. The van der Waals surface area contributed by atoms with Gasteiger partial charge in [-0.25, -0.2) is 0 Å². The van der Waals surface area contributed by atoms with Crippen molar-refractivity contribution in [2.24, 2.45) is 11.8 Å². The van der Waals surface area contributed by atoms with Crippen molar-refractivity contribution in [2.75, 3.05) is 19.6 Å². The number of hydrogen-bond acceptors (Lipinski definition) is 3. The smallest absolute Gasteiger partial charge is 0.232 e. The molecular weight excluding hydrogens is 256 g/mol. The Hall–Kier alpha value is -1.39. The van der Waals surface area contributed by atoms with Gasteiger partial charge in [-0.15, -0.1) is 0 Å². The molecule has 2 aliphatic rings. The van der Waals surface area contributed by atoms with Gasteiger partial charge in [0.05, 0.1) is 0 Å². The molecule has 1 unspecified atom stereocenters. The van der Waals surface area contributed by atoms with Gasteiger partial charge in [0.15, 0.2) is 0 Å². The van der Waals surface area contributed by atoms with E-state index in [-0.39, 0.29) is 23.6 Å². The predicted molar refractivity (Wildman–Crippen MR) is 74.7 cm³/mol. The maximum atomic E-state index is 11.7. The molecule has 20 heavy (non-hydrogen) atoms.